The zero-order chi connectivity index (χ0) is 12.1. The van der Waals surface area contributed by atoms with E-state index in [1.807, 2.05) is 12.1 Å². The molecule has 2 aromatic rings. The number of halogens is 1. The van der Waals surface area contributed by atoms with E-state index >= 15 is 0 Å². The molecule has 88 valence electrons. The Morgan fingerprint density at radius 3 is 2.65 bits per heavy atom. The molecule has 0 unspecified atom stereocenters. The summed E-state index contributed by atoms with van der Waals surface area (Å²) in [5, 5.41) is 3.00. The second kappa shape index (κ2) is 5.41. The average Bonchev–Trinajstić information content (AvgIpc) is 2.38. The van der Waals surface area contributed by atoms with Gasteiger partial charge in [0.05, 0.1) is 17.9 Å². The van der Waals surface area contributed by atoms with Crippen molar-refractivity contribution in [2.45, 2.75) is 13.1 Å². The van der Waals surface area contributed by atoms with Gasteiger partial charge in [0.25, 0.3) is 0 Å². The highest BCUT2D eigenvalue weighted by atomic mass is 19.1. The molecule has 0 bridgehead atoms. The van der Waals surface area contributed by atoms with Crippen molar-refractivity contribution < 1.29 is 4.39 Å². The number of nitrogens with one attached hydrogen (secondary N) is 1. The van der Waals surface area contributed by atoms with E-state index in [1.165, 1.54) is 6.07 Å². The minimum Gasteiger partial charge on any atom is -0.377 e. The quantitative estimate of drug-likeness (QED) is 0.848. The number of para-hydroxylation sites is 1. The molecule has 3 nitrogen and oxygen atoms in total. The predicted octanol–water partition coefficient (Wildman–Crippen LogP) is 2.29. The second-order valence-electron chi connectivity index (χ2n) is 3.70. The van der Waals surface area contributed by atoms with Crippen LogP contribution in [0.25, 0.3) is 0 Å². The van der Waals surface area contributed by atoms with E-state index in [2.05, 4.69) is 10.3 Å². The van der Waals surface area contributed by atoms with Crippen LogP contribution in [0.1, 0.15) is 11.3 Å². The summed E-state index contributed by atoms with van der Waals surface area (Å²) >= 11 is 0. The first-order valence-corrected chi connectivity index (χ1v) is 5.42. The van der Waals surface area contributed by atoms with Gasteiger partial charge in [-0.05, 0) is 23.8 Å². The summed E-state index contributed by atoms with van der Waals surface area (Å²) in [6.07, 6.45) is 1.73. The van der Waals surface area contributed by atoms with Gasteiger partial charge in [0.15, 0.2) is 0 Å². The van der Waals surface area contributed by atoms with Crippen LogP contribution in [-0.4, -0.2) is 4.98 Å². The van der Waals surface area contributed by atoms with E-state index in [0.717, 1.165) is 11.3 Å². The number of nitrogens with two attached hydrogens (primary N) is 1. The van der Waals surface area contributed by atoms with Crippen molar-refractivity contribution in [2.24, 2.45) is 5.73 Å². The maximum atomic E-state index is 13.3. The van der Waals surface area contributed by atoms with Crippen LogP contribution in [0.3, 0.4) is 0 Å². The van der Waals surface area contributed by atoms with Crippen molar-refractivity contribution >= 4 is 5.69 Å². The highest BCUT2D eigenvalue weighted by molar-refractivity contribution is 5.44. The van der Waals surface area contributed by atoms with Gasteiger partial charge < -0.3 is 11.1 Å². The lowest BCUT2D eigenvalue weighted by molar-refractivity contribution is 0.630. The van der Waals surface area contributed by atoms with Gasteiger partial charge in [-0.1, -0.05) is 18.2 Å². The lowest BCUT2D eigenvalue weighted by Gasteiger charge is -2.07. The fraction of sp³-hybridized carbons (Fsp3) is 0.154. The van der Waals surface area contributed by atoms with Crippen molar-refractivity contribution in [3.8, 4) is 0 Å². The molecule has 0 aliphatic heterocycles. The van der Waals surface area contributed by atoms with Gasteiger partial charge >= 0.3 is 0 Å². The predicted molar refractivity (Wildman–Crippen MR) is 65.9 cm³/mol. The van der Waals surface area contributed by atoms with Crippen molar-refractivity contribution in [1.29, 1.82) is 0 Å². The zero-order valence-corrected chi connectivity index (χ0v) is 9.36. The van der Waals surface area contributed by atoms with Gasteiger partial charge in [0.2, 0.25) is 0 Å². The van der Waals surface area contributed by atoms with Crippen LogP contribution in [0.15, 0.2) is 42.6 Å². The van der Waals surface area contributed by atoms with E-state index in [1.54, 1.807) is 24.4 Å². The first-order valence-electron chi connectivity index (χ1n) is 5.42. The molecule has 2 rings (SSSR count). The molecule has 0 atom stereocenters. The molecule has 1 aromatic heterocycles. The van der Waals surface area contributed by atoms with Gasteiger partial charge in [-0.25, -0.2) is 4.39 Å². The molecule has 17 heavy (non-hydrogen) atoms. The first kappa shape index (κ1) is 11.5. The summed E-state index contributed by atoms with van der Waals surface area (Å²) in [6.45, 7) is 0.972. The fourth-order valence-corrected chi connectivity index (χ4v) is 1.47. The van der Waals surface area contributed by atoms with E-state index in [0.29, 0.717) is 18.8 Å². The van der Waals surface area contributed by atoms with Crippen LogP contribution in [-0.2, 0) is 13.1 Å². The Morgan fingerprint density at radius 2 is 2.00 bits per heavy atom. The Balaban J connectivity index is 2.00. The summed E-state index contributed by atoms with van der Waals surface area (Å²) < 4.78 is 13.3. The number of hydrogen-bond acceptors (Lipinski definition) is 3. The van der Waals surface area contributed by atoms with Crippen LogP contribution in [0, 0.1) is 5.82 Å². The molecule has 0 aliphatic carbocycles. The van der Waals surface area contributed by atoms with Crippen LogP contribution in [0.4, 0.5) is 10.1 Å². The Bertz CT molecular complexity index is 482. The monoisotopic (exact) mass is 231 g/mol. The molecule has 0 saturated heterocycles. The molecular formula is C13H14FN3. The number of rotatable bonds is 4. The molecule has 0 amide bonds. The van der Waals surface area contributed by atoms with Crippen molar-refractivity contribution in [3.05, 3.63) is 59.7 Å². The molecule has 0 fully saturated rings. The Morgan fingerprint density at radius 1 is 1.18 bits per heavy atom. The lowest BCUT2D eigenvalue weighted by atomic mass is 10.2. The highest BCUT2D eigenvalue weighted by Crippen LogP contribution is 2.13. The topological polar surface area (TPSA) is 50.9 Å². The number of pyridine rings is 1. The number of nitrogens with zero attached hydrogens (tertiary/aromatic N) is 1. The lowest BCUT2D eigenvalue weighted by Crippen LogP contribution is -2.04. The van der Waals surface area contributed by atoms with Crippen molar-refractivity contribution in [1.82, 2.24) is 4.98 Å². The Hall–Kier alpha value is -1.94. The minimum absolute atomic E-state index is 0.258. The van der Waals surface area contributed by atoms with Crippen LogP contribution in [0.5, 0.6) is 0 Å². The average molecular weight is 231 g/mol. The molecule has 0 radical (unpaired) electrons. The standard InChI is InChI=1S/C13H14FN3/c14-12-3-1-2-4-13(12)17-9-11-6-5-10(7-15)8-16-11/h1-6,8,17H,7,9,15H2. The third kappa shape index (κ3) is 3.01. The van der Waals surface area contributed by atoms with E-state index in [4.69, 9.17) is 5.73 Å². The maximum Gasteiger partial charge on any atom is 0.146 e. The van der Waals surface area contributed by atoms with Gasteiger partial charge in [-0.2, -0.15) is 0 Å². The maximum absolute atomic E-state index is 13.3. The summed E-state index contributed by atoms with van der Waals surface area (Å²) in [6, 6.07) is 10.4. The molecule has 0 saturated carbocycles. The smallest absolute Gasteiger partial charge is 0.146 e. The summed E-state index contributed by atoms with van der Waals surface area (Å²) in [5.74, 6) is -0.258. The van der Waals surface area contributed by atoms with Gasteiger partial charge in [0, 0.05) is 12.7 Å². The SMILES string of the molecule is NCc1ccc(CNc2ccccc2F)nc1. The van der Waals surface area contributed by atoms with Gasteiger partial charge in [0.1, 0.15) is 5.82 Å². The van der Waals surface area contributed by atoms with Gasteiger partial charge in [-0.3, -0.25) is 4.98 Å². The molecule has 4 heteroatoms. The summed E-state index contributed by atoms with van der Waals surface area (Å²) in [7, 11) is 0. The van der Waals surface area contributed by atoms with Crippen LogP contribution < -0.4 is 11.1 Å². The van der Waals surface area contributed by atoms with E-state index in [-0.39, 0.29) is 5.82 Å². The first-order chi connectivity index (χ1) is 8.29. The largest absolute Gasteiger partial charge is 0.377 e. The van der Waals surface area contributed by atoms with Crippen molar-refractivity contribution in [2.75, 3.05) is 5.32 Å². The minimum atomic E-state index is -0.258. The van der Waals surface area contributed by atoms with Crippen molar-refractivity contribution in [3.63, 3.8) is 0 Å². The summed E-state index contributed by atoms with van der Waals surface area (Å²) in [5.41, 5.74) is 7.80. The number of hydrogen-bond donors (Lipinski definition) is 2. The van der Waals surface area contributed by atoms with Gasteiger partial charge in [-0.15, -0.1) is 0 Å². The Kier molecular flexibility index (Phi) is 3.67. The fourth-order valence-electron chi connectivity index (χ4n) is 1.47. The molecule has 0 aliphatic rings. The molecule has 0 spiro atoms. The zero-order valence-electron chi connectivity index (χ0n) is 9.36. The summed E-state index contributed by atoms with van der Waals surface area (Å²) in [4.78, 5) is 4.23. The molecule has 1 aromatic carbocycles. The van der Waals surface area contributed by atoms with E-state index < -0.39 is 0 Å². The third-order valence-corrected chi connectivity index (χ3v) is 2.46. The highest BCUT2D eigenvalue weighted by Gasteiger charge is 2.00. The number of aromatic nitrogens is 1. The number of anilines is 1. The van der Waals surface area contributed by atoms with E-state index in [9.17, 15) is 4.39 Å². The Labute approximate surface area is 99.5 Å². The molecule has 1 heterocycles. The second-order valence-corrected chi connectivity index (χ2v) is 3.70. The molecular weight excluding hydrogens is 217 g/mol. The number of benzene rings is 1. The third-order valence-electron chi connectivity index (χ3n) is 2.46. The molecule has 3 N–H and O–H groups in total. The van der Waals surface area contributed by atoms with Crippen LogP contribution in [0.2, 0.25) is 0 Å². The normalized spacial score (nSPS) is 10.2. The van der Waals surface area contributed by atoms with Crippen LogP contribution >= 0.6 is 0 Å².